The Labute approximate surface area is 201 Å². The second kappa shape index (κ2) is 9.94. The molecule has 4 atom stereocenters. The van der Waals surface area contributed by atoms with Gasteiger partial charge in [-0.1, -0.05) is 121 Å². The SMILES string of the molecule is CC1(C)O[C@H](c2ccccc2)[C@H](c2ccccc2)O1.c1ccc([C@H]2O[C@H]2c2ccccc2)cc1. The third kappa shape index (κ3) is 5.28. The molecule has 2 aliphatic rings. The van der Waals surface area contributed by atoms with E-state index in [4.69, 9.17) is 14.2 Å². The first-order valence-electron chi connectivity index (χ1n) is 11.8. The first-order valence-corrected chi connectivity index (χ1v) is 11.8. The van der Waals surface area contributed by atoms with Gasteiger partial charge in [0.1, 0.15) is 24.4 Å². The van der Waals surface area contributed by atoms with Gasteiger partial charge in [0.2, 0.25) is 0 Å². The topological polar surface area (TPSA) is 31.0 Å². The van der Waals surface area contributed by atoms with Gasteiger partial charge in [0, 0.05) is 0 Å². The maximum Gasteiger partial charge on any atom is 0.164 e. The maximum absolute atomic E-state index is 6.08. The van der Waals surface area contributed by atoms with Crippen molar-refractivity contribution in [1.82, 2.24) is 0 Å². The molecule has 0 radical (unpaired) electrons. The highest BCUT2D eigenvalue weighted by molar-refractivity contribution is 5.30. The van der Waals surface area contributed by atoms with Crippen LogP contribution in [0.15, 0.2) is 121 Å². The summed E-state index contributed by atoms with van der Waals surface area (Å²) in [5.41, 5.74) is 4.85. The molecule has 2 aliphatic heterocycles. The molecule has 0 aliphatic carbocycles. The third-order valence-electron chi connectivity index (χ3n) is 6.10. The minimum Gasteiger partial charge on any atom is -0.359 e. The molecule has 172 valence electrons. The van der Waals surface area contributed by atoms with Crippen molar-refractivity contribution < 1.29 is 14.2 Å². The predicted molar refractivity (Wildman–Crippen MR) is 134 cm³/mol. The molecule has 2 heterocycles. The van der Waals surface area contributed by atoms with Crippen LogP contribution in [0.3, 0.4) is 0 Å². The number of ether oxygens (including phenoxy) is 3. The van der Waals surface area contributed by atoms with Gasteiger partial charge < -0.3 is 14.2 Å². The summed E-state index contributed by atoms with van der Waals surface area (Å²) in [4.78, 5) is 0. The second-order valence-electron chi connectivity index (χ2n) is 9.10. The molecule has 0 saturated carbocycles. The van der Waals surface area contributed by atoms with Gasteiger partial charge >= 0.3 is 0 Å². The Morgan fingerprint density at radius 2 is 0.676 bits per heavy atom. The Bertz CT molecular complexity index is 1070. The monoisotopic (exact) mass is 450 g/mol. The van der Waals surface area contributed by atoms with E-state index in [2.05, 4.69) is 72.8 Å². The molecule has 3 heteroatoms. The molecule has 0 N–H and O–H groups in total. The average Bonchev–Trinajstić information content (AvgIpc) is 3.63. The van der Waals surface area contributed by atoms with Crippen molar-refractivity contribution in [2.45, 2.75) is 44.1 Å². The number of epoxide rings is 1. The van der Waals surface area contributed by atoms with Gasteiger partial charge in [-0.05, 0) is 36.1 Å². The quantitative estimate of drug-likeness (QED) is 0.298. The molecular formula is C31H30O3. The zero-order valence-electron chi connectivity index (χ0n) is 19.6. The van der Waals surface area contributed by atoms with Crippen molar-refractivity contribution >= 4 is 0 Å². The first-order chi connectivity index (χ1) is 16.6. The van der Waals surface area contributed by atoms with Gasteiger partial charge in [0.25, 0.3) is 0 Å². The summed E-state index contributed by atoms with van der Waals surface area (Å²) in [6, 6.07) is 41.3. The summed E-state index contributed by atoms with van der Waals surface area (Å²) < 4.78 is 17.8. The van der Waals surface area contributed by atoms with E-state index in [9.17, 15) is 0 Å². The van der Waals surface area contributed by atoms with Crippen molar-refractivity contribution in [3.05, 3.63) is 144 Å². The smallest absolute Gasteiger partial charge is 0.164 e. The van der Waals surface area contributed by atoms with Crippen LogP contribution in [0.5, 0.6) is 0 Å². The van der Waals surface area contributed by atoms with Crippen LogP contribution >= 0.6 is 0 Å². The van der Waals surface area contributed by atoms with E-state index in [0.29, 0.717) is 0 Å². The van der Waals surface area contributed by atoms with E-state index in [1.165, 1.54) is 11.1 Å². The lowest BCUT2D eigenvalue weighted by atomic mass is 9.99. The van der Waals surface area contributed by atoms with E-state index in [-0.39, 0.29) is 24.4 Å². The molecule has 6 rings (SSSR count). The molecule has 0 spiro atoms. The van der Waals surface area contributed by atoms with Crippen LogP contribution in [-0.2, 0) is 14.2 Å². The lowest BCUT2D eigenvalue weighted by molar-refractivity contribution is -0.147. The van der Waals surface area contributed by atoms with Gasteiger partial charge in [-0.3, -0.25) is 0 Å². The number of rotatable bonds is 4. The molecule has 2 fully saturated rings. The summed E-state index contributed by atoms with van der Waals surface area (Å²) >= 11 is 0. The van der Waals surface area contributed by atoms with Crippen molar-refractivity contribution in [1.29, 1.82) is 0 Å². The Balaban J connectivity index is 0.000000145. The molecule has 4 aromatic carbocycles. The largest absolute Gasteiger partial charge is 0.359 e. The van der Waals surface area contributed by atoms with Gasteiger partial charge in [-0.2, -0.15) is 0 Å². The Kier molecular flexibility index (Phi) is 6.59. The Hall–Kier alpha value is -3.24. The zero-order chi connectivity index (χ0) is 23.4. The van der Waals surface area contributed by atoms with Crippen LogP contribution < -0.4 is 0 Å². The van der Waals surface area contributed by atoms with Crippen LogP contribution in [0.25, 0.3) is 0 Å². The maximum atomic E-state index is 6.08. The number of benzene rings is 4. The van der Waals surface area contributed by atoms with Crippen LogP contribution in [0.4, 0.5) is 0 Å². The summed E-state index contributed by atoms with van der Waals surface area (Å²) in [5, 5.41) is 0. The zero-order valence-corrected chi connectivity index (χ0v) is 19.6. The molecule has 0 aromatic heterocycles. The van der Waals surface area contributed by atoms with E-state index < -0.39 is 5.79 Å². The standard InChI is InChI=1S/C17H18O2.C14H12O/c1-17(2)18-15(13-9-5-3-6-10-13)16(19-17)14-11-7-4-8-12-14;1-3-7-11(8-4-1)13-14(15-13)12-9-5-2-6-10-12/h3-12,15-16H,1-2H3;1-10,13-14H/t15-,16+;13-,14+. The first kappa shape index (κ1) is 22.5. The summed E-state index contributed by atoms with van der Waals surface area (Å²) in [6.07, 6.45) is 0.402. The summed E-state index contributed by atoms with van der Waals surface area (Å²) in [7, 11) is 0. The number of hydrogen-bond donors (Lipinski definition) is 0. The van der Waals surface area contributed by atoms with Crippen molar-refractivity contribution in [3.63, 3.8) is 0 Å². The van der Waals surface area contributed by atoms with Gasteiger partial charge in [0.05, 0.1) is 0 Å². The molecule has 4 aromatic rings. The van der Waals surface area contributed by atoms with E-state index in [1.54, 1.807) is 0 Å². The fourth-order valence-electron chi connectivity index (χ4n) is 4.44. The molecule has 0 unspecified atom stereocenters. The van der Waals surface area contributed by atoms with Gasteiger partial charge in [-0.25, -0.2) is 0 Å². The van der Waals surface area contributed by atoms with Gasteiger partial charge in [0.15, 0.2) is 5.79 Å². The predicted octanol–water partition coefficient (Wildman–Crippen LogP) is 7.75. The summed E-state index contributed by atoms with van der Waals surface area (Å²) in [6.45, 7) is 3.93. The average molecular weight is 451 g/mol. The fourth-order valence-corrected chi connectivity index (χ4v) is 4.44. The highest BCUT2D eigenvalue weighted by Crippen LogP contribution is 2.50. The normalized spacial score (nSPS) is 24.6. The van der Waals surface area contributed by atoms with Crippen molar-refractivity contribution in [3.8, 4) is 0 Å². The highest BCUT2D eigenvalue weighted by Gasteiger charge is 2.43. The Morgan fingerprint density at radius 1 is 0.412 bits per heavy atom. The minimum absolute atomic E-state index is 0.0569. The number of hydrogen-bond acceptors (Lipinski definition) is 3. The lowest BCUT2D eigenvalue weighted by Crippen LogP contribution is -2.20. The van der Waals surface area contributed by atoms with E-state index in [1.807, 2.05) is 62.4 Å². The minimum atomic E-state index is -0.555. The highest BCUT2D eigenvalue weighted by atomic mass is 16.7. The molecule has 3 nitrogen and oxygen atoms in total. The molecule has 0 amide bonds. The van der Waals surface area contributed by atoms with Crippen LogP contribution in [0.2, 0.25) is 0 Å². The van der Waals surface area contributed by atoms with Crippen LogP contribution in [0.1, 0.15) is 60.5 Å². The second-order valence-corrected chi connectivity index (χ2v) is 9.10. The van der Waals surface area contributed by atoms with Crippen LogP contribution in [-0.4, -0.2) is 5.79 Å². The third-order valence-corrected chi connectivity index (χ3v) is 6.10. The molecule has 2 saturated heterocycles. The molecule has 34 heavy (non-hydrogen) atoms. The van der Waals surface area contributed by atoms with E-state index in [0.717, 1.165) is 11.1 Å². The van der Waals surface area contributed by atoms with E-state index >= 15 is 0 Å². The summed E-state index contributed by atoms with van der Waals surface area (Å²) in [5.74, 6) is -0.555. The van der Waals surface area contributed by atoms with Crippen LogP contribution in [0, 0.1) is 0 Å². The van der Waals surface area contributed by atoms with Crippen molar-refractivity contribution in [2.75, 3.05) is 0 Å². The molecular weight excluding hydrogens is 420 g/mol. The molecule has 0 bridgehead atoms. The van der Waals surface area contributed by atoms with Crippen molar-refractivity contribution in [2.24, 2.45) is 0 Å². The van der Waals surface area contributed by atoms with Gasteiger partial charge in [-0.15, -0.1) is 0 Å². The fraction of sp³-hybridized carbons (Fsp3) is 0.226. The Morgan fingerprint density at radius 3 is 0.971 bits per heavy atom. The lowest BCUT2D eigenvalue weighted by Gasteiger charge is -2.17.